The van der Waals surface area contributed by atoms with Crippen molar-refractivity contribution in [3.8, 4) is 0 Å². The predicted octanol–water partition coefficient (Wildman–Crippen LogP) is 1.62. The smallest absolute Gasteiger partial charge is 0.453 e. The Bertz CT molecular complexity index is 780. The normalized spacial score (nSPS) is 8.67. The van der Waals surface area contributed by atoms with Crippen LogP contribution in [0.4, 0.5) is 21.0 Å². The van der Waals surface area contributed by atoms with Gasteiger partial charge in [0.05, 0.1) is 25.6 Å². The monoisotopic (exact) mass is 607 g/mol. The van der Waals surface area contributed by atoms with Crippen LogP contribution in [0.1, 0.15) is 0 Å². The Kier molecular flexibility index (Phi) is 20.0. The molecule has 181 valence electrons. The Hall–Kier alpha value is -1.72. The molecule has 0 aromatic heterocycles. The van der Waals surface area contributed by atoms with Crippen LogP contribution in [0, 0.1) is 0 Å². The summed E-state index contributed by atoms with van der Waals surface area (Å²) < 4.78 is 9.61. The van der Waals surface area contributed by atoms with Gasteiger partial charge in [-0.3, -0.25) is 10.6 Å². The van der Waals surface area contributed by atoms with Crippen LogP contribution in [-0.2, 0) is 51.8 Å². The second-order valence-electron chi connectivity index (χ2n) is 5.12. The SMILES string of the molecule is COC(=O)NC(=S)Nc1ccccc1NC(=S)NC(=O)OC.S=C([S-])NCCNC(=S)[S-].[Mn+2]. The zero-order valence-electron chi connectivity index (χ0n) is 17.2. The number of carbonyl (C=O) groups is 2. The summed E-state index contributed by atoms with van der Waals surface area (Å²) in [6, 6.07) is 6.92. The number of hydrogen-bond acceptors (Lipinski definition) is 10. The number of para-hydroxylation sites is 2. The molecule has 0 heterocycles. The summed E-state index contributed by atoms with van der Waals surface area (Å²) in [6.07, 6.45) is -1.38. The van der Waals surface area contributed by atoms with Crippen LogP contribution >= 0.6 is 48.9 Å². The minimum absolute atomic E-state index is 0. The van der Waals surface area contributed by atoms with Gasteiger partial charge in [-0.2, -0.15) is 0 Å². The van der Waals surface area contributed by atoms with Crippen molar-refractivity contribution in [2.75, 3.05) is 37.9 Å². The van der Waals surface area contributed by atoms with E-state index >= 15 is 0 Å². The van der Waals surface area contributed by atoms with Crippen molar-refractivity contribution in [3.63, 3.8) is 0 Å². The van der Waals surface area contributed by atoms with E-state index in [9.17, 15) is 9.59 Å². The molecule has 17 heteroatoms. The van der Waals surface area contributed by atoms with Crippen molar-refractivity contribution in [3.05, 3.63) is 24.3 Å². The van der Waals surface area contributed by atoms with Crippen LogP contribution in [0.3, 0.4) is 0 Å². The van der Waals surface area contributed by atoms with Crippen molar-refractivity contribution in [1.29, 1.82) is 0 Å². The van der Waals surface area contributed by atoms with Gasteiger partial charge in [0.1, 0.15) is 0 Å². The number of alkyl carbamates (subject to hydrolysis) is 2. The minimum atomic E-state index is -0.689. The number of amides is 2. The van der Waals surface area contributed by atoms with Gasteiger partial charge in [-0.05, 0) is 36.6 Å². The molecule has 1 aromatic rings. The first-order chi connectivity index (χ1) is 15.1. The van der Waals surface area contributed by atoms with Gasteiger partial charge < -0.3 is 80.4 Å². The molecule has 0 atom stereocenters. The molecule has 6 N–H and O–H groups in total. The van der Waals surface area contributed by atoms with Crippen molar-refractivity contribution >= 4 is 117 Å². The molecule has 10 nitrogen and oxygen atoms in total. The van der Waals surface area contributed by atoms with E-state index in [1.54, 1.807) is 24.3 Å². The molecule has 0 aliphatic rings. The summed E-state index contributed by atoms with van der Waals surface area (Å²) in [6.45, 7) is 1.33. The van der Waals surface area contributed by atoms with Gasteiger partial charge in [-0.15, -0.1) is 0 Å². The number of rotatable bonds is 5. The fourth-order valence-corrected chi connectivity index (χ4v) is 2.42. The first-order valence-corrected chi connectivity index (χ1v) is 10.8. The van der Waals surface area contributed by atoms with Gasteiger partial charge in [-0.1, -0.05) is 20.8 Å². The van der Waals surface area contributed by atoms with Crippen molar-refractivity contribution < 1.29 is 36.1 Å². The molecular weight excluding hydrogens is 588 g/mol. The summed E-state index contributed by atoms with van der Waals surface area (Å²) in [7, 11) is 2.45. The summed E-state index contributed by atoms with van der Waals surface area (Å²) >= 11 is 28.3. The average molecular weight is 608 g/mol. The number of nitrogens with one attached hydrogen (secondary N) is 6. The number of hydrogen-bond donors (Lipinski definition) is 6. The Labute approximate surface area is 234 Å². The predicted molar refractivity (Wildman–Crippen MR) is 146 cm³/mol. The van der Waals surface area contributed by atoms with Crippen molar-refractivity contribution in [2.24, 2.45) is 0 Å². The summed E-state index contributed by atoms with van der Waals surface area (Å²) in [5, 5.41) is 15.9. The molecule has 0 aliphatic heterocycles. The van der Waals surface area contributed by atoms with Crippen molar-refractivity contribution in [2.45, 2.75) is 0 Å². The molecule has 2 amide bonds. The van der Waals surface area contributed by atoms with Crippen LogP contribution in [0.2, 0.25) is 0 Å². The molecule has 0 fully saturated rings. The van der Waals surface area contributed by atoms with E-state index in [0.29, 0.717) is 33.1 Å². The largest absolute Gasteiger partial charge is 2.00 e. The van der Waals surface area contributed by atoms with E-state index in [-0.39, 0.29) is 27.3 Å². The van der Waals surface area contributed by atoms with Crippen LogP contribution in [0.15, 0.2) is 24.3 Å². The van der Waals surface area contributed by atoms with Gasteiger partial charge in [0.15, 0.2) is 10.2 Å². The second-order valence-corrected chi connectivity index (χ2v) is 8.08. The summed E-state index contributed by atoms with van der Waals surface area (Å²) in [5.74, 6) is 0. The Morgan fingerprint density at radius 3 is 1.39 bits per heavy atom. The van der Waals surface area contributed by atoms with Crippen LogP contribution in [0.25, 0.3) is 0 Å². The van der Waals surface area contributed by atoms with Gasteiger partial charge in [-0.25, -0.2) is 9.59 Å². The molecule has 0 bridgehead atoms. The molecule has 1 rings (SSSR count). The van der Waals surface area contributed by atoms with E-state index in [0.717, 1.165) is 0 Å². The molecule has 1 aromatic carbocycles. The molecule has 0 saturated carbocycles. The average Bonchev–Trinajstić information content (AvgIpc) is 2.72. The van der Waals surface area contributed by atoms with E-state index < -0.39 is 12.2 Å². The minimum Gasteiger partial charge on any atom is -0.453 e. The van der Waals surface area contributed by atoms with Crippen molar-refractivity contribution in [1.82, 2.24) is 21.3 Å². The standard InChI is InChI=1S/C12H14N4O4S2.C4H8N2S4.Mn/c1-19-11(17)15-9(21)13-7-5-3-4-6-8(7)14-10(22)16-12(18)20-2;7-3(8)5-1-2-6-4(9)10;/h3-6H,1-2H3,(H2,13,15,17,21)(H2,14,16,18,22);1-2H2,(H2,5,7,8)(H2,6,9,10);/q;;+2/p-2. The van der Waals surface area contributed by atoms with Crippen LogP contribution in [-0.4, -0.2) is 58.4 Å². The Balaban J connectivity index is 0. The maximum atomic E-state index is 11.1. The summed E-state index contributed by atoms with van der Waals surface area (Å²) in [5.41, 5.74) is 1.08. The number of carbonyl (C=O) groups excluding carboxylic acids is 2. The Morgan fingerprint density at radius 2 is 1.12 bits per heavy atom. The van der Waals surface area contributed by atoms with E-state index in [2.05, 4.69) is 91.1 Å². The van der Waals surface area contributed by atoms with Gasteiger partial charge in [0, 0.05) is 13.1 Å². The molecular formula is C16H20MnN6O4S6. The third-order valence-electron chi connectivity index (χ3n) is 2.89. The summed E-state index contributed by atoms with van der Waals surface area (Å²) in [4.78, 5) is 22.1. The Morgan fingerprint density at radius 1 is 0.788 bits per heavy atom. The number of benzene rings is 1. The number of ether oxygens (including phenoxy) is 2. The third kappa shape index (κ3) is 18.4. The molecule has 0 aliphatic carbocycles. The molecule has 0 saturated heterocycles. The maximum absolute atomic E-state index is 11.1. The van der Waals surface area contributed by atoms with E-state index in [1.807, 2.05) is 0 Å². The van der Waals surface area contributed by atoms with Gasteiger partial charge in [0.25, 0.3) is 0 Å². The molecule has 1 radical (unpaired) electrons. The van der Waals surface area contributed by atoms with Crippen LogP contribution < -0.4 is 31.9 Å². The zero-order chi connectivity index (χ0) is 24.5. The third-order valence-corrected chi connectivity index (χ3v) is 3.87. The maximum Gasteiger partial charge on any atom is 2.00 e. The van der Waals surface area contributed by atoms with E-state index in [4.69, 9.17) is 24.4 Å². The zero-order valence-corrected chi connectivity index (χ0v) is 23.3. The topological polar surface area (TPSA) is 125 Å². The van der Waals surface area contributed by atoms with Crippen LogP contribution in [0.5, 0.6) is 0 Å². The molecule has 0 unspecified atom stereocenters. The first-order valence-electron chi connectivity index (χ1n) is 8.39. The number of thiocarbonyl (C=S) groups is 4. The fraction of sp³-hybridized carbons (Fsp3) is 0.250. The fourth-order valence-electron chi connectivity index (χ4n) is 1.62. The second kappa shape index (κ2) is 19.7. The number of methoxy groups -OCH3 is 2. The molecule has 0 spiro atoms. The van der Waals surface area contributed by atoms with Gasteiger partial charge >= 0.3 is 29.3 Å². The first kappa shape index (κ1) is 33.5. The van der Waals surface area contributed by atoms with Gasteiger partial charge in [0.2, 0.25) is 0 Å². The number of anilines is 2. The van der Waals surface area contributed by atoms with E-state index in [1.165, 1.54) is 14.2 Å². The quantitative estimate of drug-likeness (QED) is 0.126. The molecule has 33 heavy (non-hydrogen) atoms.